The number of rotatable bonds is 10. The van der Waals surface area contributed by atoms with E-state index in [0.29, 0.717) is 37.6 Å². The van der Waals surface area contributed by atoms with Gasteiger partial charge in [-0.2, -0.15) is 0 Å². The number of para-hydroxylation sites is 1. The summed E-state index contributed by atoms with van der Waals surface area (Å²) < 4.78 is 6.00. The minimum Gasteiger partial charge on any atom is -0.488 e. The SMILES string of the molecule is NCCCCN(Cc1ccccc1)C(=O)c1ccccc1OCc1ccccc1. The van der Waals surface area contributed by atoms with Crippen LogP contribution in [0.1, 0.15) is 34.3 Å². The van der Waals surface area contributed by atoms with Crippen LogP contribution in [0.4, 0.5) is 0 Å². The van der Waals surface area contributed by atoms with E-state index in [9.17, 15) is 4.79 Å². The summed E-state index contributed by atoms with van der Waals surface area (Å²) in [5.41, 5.74) is 8.42. The zero-order chi connectivity index (χ0) is 20.3. The number of hydrogen-bond donors (Lipinski definition) is 1. The van der Waals surface area contributed by atoms with Crippen molar-refractivity contribution in [2.24, 2.45) is 5.73 Å². The molecule has 2 N–H and O–H groups in total. The summed E-state index contributed by atoms with van der Waals surface area (Å²) in [5.74, 6) is 0.591. The van der Waals surface area contributed by atoms with Crippen molar-refractivity contribution in [1.29, 1.82) is 0 Å². The van der Waals surface area contributed by atoms with Crippen LogP contribution in [0.5, 0.6) is 5.75 Å². The van der Waals surface area contributed by atoms with Crippen molar-refractivity contribution in [2.45, 2.75) is 26.0 Å². The molecule has 3 rings (SSSR count). The second-order valence-corrected chi connectivity index (χ2v) is 6.98. The van der Waals surface area contributed by atoms with Crippen LogP contribution in [-0.4, -0.2) is 23.9 Å². The van der Waals surface area contributed by atoms with Crippen LogP contribution in [-0.2, 0) is 13.2 Å². The number of amides is 1. The van der Waals surface area contributed by atoms with Gasteiger partial charge in [0.25, 0.3) is 5.91 Å². The Morgan fingerprint density at radius 3 is 2.10 bits per heavy atom. The smallest absolute Gasteiger partial charge is 0.257 e. The first kappa shape index (κ1) is 20.6. The molecule has 0 aliphatic carbocycles. The molecular formula is C25H28N2O2. The van der Waals surface area contributed by atoms with Gasteiger partial charge in [0.05, 0.1) is 5.56 Å². The van der Waals surface area contributed by atoms with Crippen molar-refractivity contribution in [3.63, 3.8) is 0 Å². The Labute approximate surface area is 172 Å². The Morgan fingerprint density at radius 2 is 1.41 bits per heavy atom. The lowest BCUT2D eigenvalue weighted by Gasteiger charge is -2.24. The lowest BCUT2D eigenvalue weighted by atomic mass is 10.1. The summed E-state index contributed by atoms with van der Waals surface area (Å²) >= 11 is 0. The molecule has 0 aromatic heterocycles. The van der Waals surface area contributed by atoms with E-state index in [1.807, 2.05) is 89.8 Å². The Hall–Kier alpha value is -3.11. The number of carbonyl (C=O) groups is 1. The fourth-order valence-corrected chi connectivity index (χ4v) is 3.18. The first-order valence-electron chi connectivity index (χ1n) is 10.1. The van der Waals surface area contributed by atoms with Gasteiger partial charge < -0.3 is 15.4 Å². The molecular weight excluding hydrogens is 360 g/mol. The lowest BCUT2D eigenvalue weighted by Crippen LogP contribution is -2.32. The van der Waals surface area contributed by atoms with Gasteiger partial charge in [0, 0.05) is 13.1 Å². The molecule has 1 amide bonds. The Bertz CT molecular complexity index is 882. The zero-order valence-corrected chi connectivity index (χ0v) is 16.7. The number of carbonyl (C=O) groups excluding carboxylic acids is 1. The van der Waals surface area contributed by atoms with Crippen molar-refractivity contribution in [3.05, 3.63) is 102 Å². The largest absolute Gasteiger partial charge is 0.488 e. The van der Waals surface area contributed by atoms with Crippen molar-refractivity contribution < 1.29 is 9.53 Å². The van der Waals surface area contributed by atoms with Crippen LogP contribution in [0, 0.1) is 0 Å². The Kier molecular flexibility index (Phi) is 7.84. The van der Waals surface area contributed by atoms with E-state index in [0.717, 1.165) is 24.0 Å². The van der Waals surface area contributed by atoms with E-state index < -0.39 is 0 Å². The second-order valence-electron chi connectivity index (χ2n) is 6.98. The summed E-state index contributed by atoms with van der Waals surface area (Å²) in [5, 5.41) is 0. The normalized spacial score (nSPS) is 10.5. The molecule has 0 saturated heterocycles. The van der Waals surface area contributed by atoms with E-state index in [2.05, 4.69) is 0 Å². The monoisotopic (exact) mass is 388 g/mol. The van der Waals surface area contributed by atoms with E-state index in [-0.39, 0.29) is 5.91 Å². The van der Waals surface area contributed by atoms with Gasteiger partial charge in [0.15, 0.2) is 0 Å². The molecule has 0 spiro atoms. The third-order valence-electron chi connectivity index (χ3n) is 4.74. The summed E-state index contributed by atoms with van der Waals surface area (Å²) in [7, 11) is 0. The molecule has 0 saturated carbocycles. The van der Waals surface area contributed by atoms with E-state index in [4.69, 9.17) is 10.5 Å². The van der Waals surface area contributed by atoms with Crippen LogP contribution in [0.2, 0.25) is 0 Å². The molecule has 0 heterocycles. The van der Waals surface area contributed by atoms with Crippen LogP contribution in [0.15, 0.2) is 84.9 Å². The summed E-state index contributed by atoms with van der Waals surface area (Å²) in [6, 6.07) is 27.5. The Morgan fingerprint density at radius 1 is 0.793 bits per heavy atom. The molecule has 4 heteroatoms. The molecule has 0 atom stereocenters. The minimum atomic E-state index is -0.0189. The highest BCUT2D eigenvalue weighted by Crippen LogP contribution is 2.22. The van der Waals surface area contributed by atoms with Crippen molar-refractivity contribution in [2.75, 3.05) is 13.1 Å². The highest BCUT2D eigenvalue weighted by atomic mass is 16.5. The highest BCUT2D eigenvalue weighted by molar-refractivity contribution is 5.96. The predicted octanol–water partition coefficient (Wildman–Crippen LogP) is 4.65. The molecule has 0 bridgehead atoms. The topological polar surface area (TPSA) is 55.6 Å². The maximum atomic E-state index is 13.4. The van der Waals surface area contributed by atoms with Gasteiger partial charge in [-0.3, -0.25) is 4.79 Å². The van der Waals surface area contributed by atoms with Gasteiger partial charge in [-0.1, -0.05) is 72.8 Å². The molecule has 0 aliphatic heterocycles. The molecule has 150 valence electrons. The van der Waals surface area contributed by atoms with E-state index in [1.54, 1.807) is 0 Å². The molecule has 3 aromatic rings. The fourth-order valence-electron chi connectivity index (χ4n) is 3.18. The lowest BCUT2D eigenvalue weighted by molar-refractivity contribution is 0.0735. The number of ether oxygens (including phenoxy) is 1. The average Bonchev–Trinajstić information content (AvgIpc) is 2.78. The standard InChI is InChI=1S/C25H28N2O2/c26-17-9-10-18-27(19-21-11-3-1-4-12-21)25(28)23-15-7-8-16-24(23)29-20-22-13-5-2-6-14-22/h1-8,11-16H,9-10,17-20,26H2. The molecule has 4 nitrogen and oxygen atoms in total. The van der Waals surface area contributed by atoms with Crippen molar-refractivity contribution in [3.8, 4) is 5.75 Å². The average molecular weight is 389 g/mol. The molecule has 0 aliphatic rings. The van der Waals surface area contributed by atoms with Crippen LogP contribution < -0.4 is 10.5 Å². The van der Waals surface area contributed by atoms with Gasteiger partial charge in [0.2, 0.25) is 0 Å². The third-order valence-corrected chi connectivity index (χ3v) is 4.74. The number of nitrogens with zero attached hydrogens (tertiary/aromatic N) is 1. The molecule has 0 unspecified atom stereocenters. The fraction of sp³-hybridized carbons (Fsp3) is 0.240. The van der Waals surface area contributed by atoms with E-state index in [1.165, 1.54) is 0 Å². The molecule has 0 radical (unpaired) electrons. The summed E-state index contributed by atoms with van der Waals surface area (Å²) in [6.07, 6.45) is 1.77. The van der Waals surface area contributed by atoms with Crippen molar-refractivity contribution >= 4 is 5.91 Å². The van der Waals surface area contributed by atoms with Gasteiger partial charge in [0.1, 0.15) is 12.4 Å². The Balaban J connectivity index is 1.77. The number of nitrogens with two attached hydrogens (primary N) is 1. The van der Waals surface area contributed by atoms with Crippen LogP contribution >= 0.6 is 0 Å². The predicted molar refractivity (Wildman–Crippen MR) is 117 cm³/mol. The summed E-state index contributed by atoms with van der Waals surface area (Å²) in [6.45, 7) is 2.29. The molecule has 29 heavy (non-hydrogen) atoms. The maximum absolute atomic E-state index is 13.4. The van der Waals surface area contributed by atoms with Gasteiger partial charge in [-0.05, 0) is 42.6 Å². The van der Waals surface area contributed by atoms with Gasteiger partial charge in [-0.25, -0.2) is 0 Å². The molecule has 3 aromatic carbocycles. The number of unbranched alkanes of at least 4 members (excludes halogenated alkanes) is 1. The maximum Gasteiger partial charge on any atom is 0.257 e. The molecule has 0 fully saturated rings. The zero-order valence-electron chi connectivity index (χ0n) is 16.7. The van der Waals surface area contributed by atoms with E-state index >= 15 is 0 Å². The van der Waals surface area contributed by atoms with Crippen LogP contribution in [0.3, 0.4) is 0 Å². The second kappa shape index (κ2) is 11.0. The summed E-state index contributed by atoms with van der Waals surface area (Å²) in [4.78, 5) is 15.3. The number of benzene rings is 3. The van der Waals surface area contributed by atoms with Gasteiger partial charge >= 0.3 is 0 Å². The highest BCUT2D eigenvalue weighted by Gasteiger charge is 2.19. The first-order chi connectivity index (χ1) is 14.3. The first-order valence-corrected chi connectivity index (χ1v) is 10.1. The third kappa shape index (κ3) is 6.19. The minimum absolute atomic E-state index is 0.0189. The van der Waals surface area contributed by atoms with Crippen molar-refractivity contribution in [1.82, 2.24) is 4.90 Å². The van der Waals surface area contributed by atoms with Gasteiger partial charge in [-0.15, -0.1) is 0 Å². The number of hydrogen-bond acceptors (Lipinski definition) is 3. The van der Waals surface area contributed by atoms with Crippen LogP contribution in [0.25, 0.3) is 0 Å². The quantitative estimate of drug-likeness (QED) is 0.515.